The zero-order valence-corrected chi connectivity index (χ0v) is 10.1. The van der Waals surface area contributed by atoms with Gasteiger partial charge in [0.1, 0.15) is 5.52 Å². The first-order valence-corrected chi connectivity index (χ1v) is 5.91. The standard InChI is InChI=1S/C12H16N4O/c1-9-7-11-12(13-3-4-16(11)14-9)15-5-6-17-8-10(15)2/h3-4,7,10H,5-6,8H2,1-2H3. The van der Waals surface area contributed by atoms with Crippen LogP contribution in [-0.2, 0) is 4.74 Å². The van der Waals surface area contributed by atoms with Crippen LogP contribution in [0.4, 0.5) is 5.82 Å². The van der Waals surface area contributed by atoms with E-state index in [4.69, 9.17) is 4.74 Å². The van der Waals surface area contributed by atoms with Gasteiger partial charge < -0.3 is 9.64 Å². The number of nitrogens with zero attached hydrogens (tertiary/aromatic N) is 4. The molecule has 1 saturated heterocycles. The molecule has 1 fully saturated rings. The highest BCUT2D eigenvalue weighted by molar-refractivity contribution is 5.69. The molecule has 1 atom stereocenters. The van der Waals surface area contributed by atoms with Crippen molar-refractivity contribution in [1.82, 2.24) is 14.6 Å². The van der Waals surface area contributed by atoms with Crippen LogP contribution in [0.25, 0.3) is 5.52 Å². The Morgan fingerprint density at radius 2 is 2.35 bits per heavy atom. The van der Waals surface area contributed by atoms with Crippen LogP contribution >= 0.6 is 0 Å². The van der Waals surface area contributed by atoms with Crippen LogP contribution in [0.3, 0.4) is 0 Å². The largest absolute Gasteiger partial charge is 0.377 e. The molecule has 2 aromatic heterocycles. The Morgan fingerprint density at radius 1 is 1.47 bits per heavy atom. The van der Waals surface area contributed by atoms with Gasteiger partial charge in [0.2, 0.25) is 0 Å². The van der Waals surface area contributed by atoms with Gasteiger partial charge in [-0.05, 0) is 19.9 Å². The highest BCUT2D eigenvalue weighted by Crippen LogP contribution is 2.22. The van der Waals surface area contributed by atoms with E-state index < -0.39 is 0 Å². The van der Waals surface area contributed by atoms with Gasteiger partial charge in [-0.2, -0.15) is 5.10 Å². The predicted molar refractivity (Wildman–Crippen MR) is 65.4 cm³/mol. The number of hydrogen-bond donors (Lipinski definition) is 0. The Labute approximate surface area is 100 Å². The van der Waals surface area contributed by atoms with Crippen molar-refractivity contribution in [1.29, 1.82) is 0 Å². The van der Waals surface area contributed by atoms with E-state index >= 15 is 0 Å². The third kappa shape index (κ3) is 1.76. The zero-order valence-electron chi connectivity index (χ0n) is 10.1. The molecule has 1 unspecified atom stereocenters. The Morgan fingerprint density at radius 3 is 3.18 bits per heavy atom. The smallest absolute Gasteiger partial charge is 0.155 e. The fourth-order valence-corrected chi connectivity index (χ4v) is 2.29. The summed E-state index contributed by atoms with van der Waals surface area (Å²) in [6.45, 7) is 6.57. The zero-order chi connectivity index (χ0) is 11.8. The van der Waals surface area contributed by atoms with Gasteiger partial charge in [-0.1, -0.05) is 0 Å². The van der Waals surface area contributed by atoms with E-state index in [1.807, 2.05) is 17.6 Å². The fraction of sp³-hybridized carbons (Fsp3) is 0.500. The molecule has 5 nitrogen and oxygen atoms in total. The summed E-state index contributed by atoms with van der Waals surface area (Å²) in [5.41, 5.74) is 2.08. The Balaban J connectivity index is 2.09. The lowest BCUT2D eigenvalue weighted by Gasteiger charge is -2.34. The van der Waals surface area contributed by atoms with Gasteiger partial charge in [0.15, 0.2) is 5.82 Å². The van der Waals surface area contributed by atoms with Gasteiger partial charge in [-0.25, -0.2) is 9.50 Å². The molecule has 1 aliphatic heterocycles. The maximum Gasteiger partial charge on any atom is 0.155 e. The van der Waals surface area contributed by atoms with Gasteiger partial charge in [0.25, 0.3) is 0 Å². The molecule has 0 aromatic carbocycles. The first kappa shape index (κ1) is 10.5. The second-order valence-corrected chi connectivity index (χ2v) is 4.48. The van der Waals surface area contributed by atoms with Crippen molar-refractivity contribution >= 4 is 11.3 Å². The second kappa shape index (κ2) is 4.00. The van der Waals surface area contributed by atoms with Gasteiger partial charge in [0, 0.05) is 18.9 Å². The third-order valence-electron chi connectivity index (χ3n) is 3.13. The minimum Gasteiger partial charge on any atom is -0.377 e. The van der Waals surface area contributed by atoms with Crippen molar-refractivity contribution in [3.8, 4) is 0 Å². The van der Waals surface area contributed by atoms with Crippen molar-refractivity contribution in [3.05, 3.63) is 24.2 Å². The molecule has 0 saturated carbocycles. The number of morpholine rings is 1. The van der Waals surface area contributed by atoms with Crippen molar-refractivity contribution in [2.75, 3.05) is 24.7 Å². The van der Waals surface area contributed by atoms with Crippen molar-refractivity contribution in [3.63, 3.8) is 0 Å². The summed E-state index contributed by atoms with van der Waals surface area (Å²) in [5, 5.41) is 4.41. The van der Waals surface area contributed by atoms with Crippen LogP contribution in [0.2, 0.25) is 0 Å². The first-order chi connectivity index (χ1) is 8.25. The van der Waals surface area contributed by atoms with Crippen molar-refractivity contribution in [2.24, 2.45) is 0 Å². The van der Waals surface area contributed by atoms with E-state index in [2.05, 4.69) is 28.0 Å². The molecule has 0 spiro atoms. The van der Waals surface area contributed by atoms with E-state index in [0.29, 0.717) is 6.04 Å². The molecule has 5 heteroatoms. The van der Waals surface area contributed by atoms with Gasteiger partial charge in [-0.15, -0.1) is 0 Å². The van der Waals surface area contributed by atoms with Crippen LogP contribution in [0, 0.1) is 6.92 Å². The summed E-state index contributed by atoms with van der Waals surface area (Å²) in [7, 11) is 0. The summed E-state index contributed by atoms with van der Waals surface area (Å²) in [6.07, 6.45) is 3.69. The van der Waals surface area contributed by atoms with Gasteiger partial charge in [0.05, 0.1) is 24.9 Å². The first-order valence-electron chi connectivity index (χ1n) is 5.91. The monoisotopic (exact) mass is 232 g/mol. The van der Waals surface area contributed by atoms with Crippen LogP contribution in [0.15, 0.2) is 18.5 Å². The van der Waals surface area contributed by atoms with E-state index in [-0.39, 0.29) is 0 Å². The number of aryl methyl sites for hydroxylation is 1. The molecule has 0 radical (unpaired) electrons. The predicted octanol–water partition coefficient (Wildman–Crippen LogP) is 1.26. The lowest BCUT2D eigenvalue weighted by Crippen LogP contribution is -2.44. The Hall–Kier alpha value is -1.62. The maximum absolute atomic E-state index is 5.46. The summed E-state index contributed by atoms with van der Waals surface area (Å²) in [6, 6.07) is 2.43. The molecule has 0 aliphatic carbocycles. The minimum absolute atomic E-state index is 0.359. The second-order valence-electron chi connectivity index (χ2n) is 4.48. The number of fused-ring (bicyclic) bond motifs is 1. The molecule has 3 rings (SSSR count). The molecule has 17 heavy (non-hydrogen) atoms. The number of hydrogen-bond acceptors (Lipinski definition) is 4. The summed E-state index contributed by atoms with van der Waals surface area (Å²) in [5.74, 6) is 1.00. The summed E-state index contributed by atoms with van der Waals surface area (Å²) in [4.78, 5) is 6.80. The summed E-state index contributed by atoms with van der Waals surface area (Å²) < 4.78 is 7.35. The summed E-state index contributed by atoms with van der Waals surface area (Å²) >= 11 is 0. The van der Waals surface area contributed by atoms with E-state index in [0.717, 1.165) is 36.8 Å². The van der Waals surface area contributed by atoms with Crippen molar-refractivity contribution in [2.45, 2.75) is 19.9 Å². The topological polar surface area (TPSA) is 42.7 Å². The molecular weight excluding hydrogens is 216 g/mol. The molecule has 2 aromatic rings. The molecule has 90 valence electrons. The van der Waals surface area contributed by atoms with Crippen LogP contribution in [-0.4, -0.2) is 40.4 Å². The van der Waals surface area contributed by atoms with Crippen LogP contribution < -0.4 is 4.90 Å². The lowest BCUT2D eigenvalue weighted by atomic mass is 10.2. The average Bonchev–Trinajstić information content (AvgIpc) is 2.70. The number of ether oxygens (including phenoxy) is 1. The maximum atomic E-state index is 5.46. The molecule has 0 N–H and O–H groups in total. The third-order valence-corrected chi connectivity index (χ3v) is 3.13. The van der Waals surface area contributed by atoms with Crippen LogP contribution in [0.1, 0.15) is 12.6 Å². The minimum atomic E-state index is 0.359. The molecule has 0 bridgehead atoms. The quantitative estimate of drug-likeness (QED) is 0.742. The Bertz CT molecular complexity index is 536. The van der Waals surface area contributed by atoms with Crippen LogP contribution in [0.5, 0.6) is 0 Å². The number of rotatable bonds is 1. The fourth-order valence-electron chi connectivity index (χ4n) is 2.29. The van der Waals surface area contributed by atoms with Crippen molar-refractivity contribution < 1.29 is 4.74 Å². The van der Waals surface area contributed by atoms with E-state index in [9.17, 15) is 0 Å². The molecule has 0 amide bonds. The average molecular weight is 232 g/mol. The van der Waals surface area contributed by atoms with E-state index in [1.54, 1.807) is 6.20 Å². The highest BCUT2D eigenvalue weighted by Gasteiger charge is 2.22. The number of anilines is 1. The molecule has 3 heterocycles. The van der Waals surface area contributed by atoms with Gasteiger partial charge in [-0.3, -0.25) is 0 Å². The normalized spacial score (nSPS) is 21.1. The number of aromatic nitrogens is 3. The Kier molecular flexibility index (Phi) is 2.48. The SMILES string of the molecule is Cc1cc2c(N3CCOCC3C)nccn2n1. The lowest BCUT2D eigenvalue weighted by molar-refractivity contribution is 0.0986. The van der Waals surface area contributed by atoms with Gasteiger partial charge >= 0.3 is 0 Å². The molecular formula is C12H16N4O. The van der Waals surface area contributed by atoms with E-state index in [1.165, 1.54) is 0 Å². The molecule has 1 aliphatic rings. The highest BCUT2D eigenvalue weighted by atomic mass is 16.5.